The van der Waals surface area contributed by atoms with E-state index < -0.39 is 0 Å². The van der Waals surface area contributed by atoms with Gasteiger partial charge in [-0.2, -0.15) is 0 Å². The average Bonchev–Trinajstić information content (AvgIpc) is 2.20. The van der Waals surface area contributed by atoms with E-state index in [-0.39, 0.29) is 0 Å². The van der Waals surface area contributed by atoms with Crippen LogP contribution in [0.3, 0.4) is 0 Å². The lowest BCUT2D eigenvalue weighted by molar-refractivity contribution is 0.138. The minimum absolute atomic E-state index is 0.572. The van der Waals surface area contributed by atoms with Crippen LogP contribution in [0.25, 0.3) is 0 Å². The Bertz CT molecular complexity index is 120. The molecule has 0 amide bonds. The van der Waals surface area contributed by atoms with Crippen molar-refractivity contribution < 1.29 is 4.74 Å². The first-order valence-electron chi connectivity index (χ1n) is 6.00. The van der Waals surface area contributed by atoms with E-state index in [1.165, 1.54) is 0 Å². The standard InChI is InChI=1S/C11H27N3O/c1-4-12-7-9-15-10-8-13-5-6-14-11(2)3/h11-14H,4-10H2,1-3H3. The van der Waals surface area contributed by atoms with Crippen molar-refractivity contribution in [2.45, 2.75) is 26.8 Å². The van der Waals surface area contributed by atoms with Crippen LogP contribution in [0.4, 0.5) is 0 Å². The lowest BCUT2D eigenvalue weighted by Gasteiger charge is -2.09. The molecule has 92 valence electrons. The van der Waals surface area contributed by atoms with Crippen molar-refractivity contribution in [3.05, 3.63) is 0 Å². The SMILES string of the molecule is CCNCCOCCNCCNC(C)C. The number of ether oxygens (including phenoxy) is 1. The summed E-state index contributed by atoms with van der Waals surface area (Å²) in [6, 6.07) is 0.572. The Morgan fingerprint density at radius 2 is 1.60 bits per heavy atom. The highest BCUT2D eigenvalue weighted by atomic mass is 16.5. The number of rotatable bonds is 11. The number of nitrogens with one attached hydrogen (secondary N) is 3. The van der Waals surface area contributed by atoms with Crippen LogP contribution < -0.4 is 16.0 Å². The highest BCUT2D eigenvalue weighted by molar-refractivity contribution is 4.55. The maximum Gasteiger partial charge on any atom is 0.0591 e. The predicted octanol–water partition coefficient (Wildman–Crippen LogP) is 0.200. The summed E-state index contributed by atoms with van der Waals surface area (Å²) in [5.74, 6) is 0. The molecule has 0 saturated carbocycles. The summed E-state index contributed by atoms with van der Waals surface area (Å²) in [5, 5.41) is 9.89. The van der Waals surface area contributed by atoms with Crippen LogP contribution in [-0.2, 0) is 4.74 Å². The van der Waals surface area contributed by atoms with Gasteiger partial charge in [-0.1, -0.05) is 20.8 Å². The fourth-order valence-corrected chi connectivity index (χ4v) is 1.14. The van der Waals surface area contributed by atoms with Gasteiger partial charge >= 0.3 is 0 Å². The Labute approximate surface area is 94.2 Å². The lowest BCUT2D eigenvalue weighted by atomic mass is 10.4. The molecule has 0 aliphatic heterocycles. The zero-order chi connectivity index (χ0) is 11.4. The van der Waals surface area contributed by atoms with E-state index in [0.29, 0.717) is 6.04 Å². The summed E-state index contributed by atoms with van der Waals surface area (Å²) < 4.78 is 5.42. The van der Waals surface area contributed by atoms with Gasteiger partial charge in [0, 0.05) is 32.2 Å². The fraction of sp³-hybridized carbons (Fsp3) is 1.00. The molecule has 0 aromatic heterocycles. The lowest BCUT2D eigenvalue weighted by Crippen LogP contribution is -2.33. The molecule has 0 radical (unpaired) electrons. The van der Waals surface area contributed by atoms with Crippen LogP contribution in [0.2, 0.25) is 0 Å². The molecule has 15 heavy (non-hydrogen) atoms. The summed E-state index contributed by atoms with van der Waals surface area (Å²) in [6.07, 6.45) is 0. The molecule has 0 rings (SSSR count). The highest BCUT2D eigenvalue weighted by Crippen LogP contribution is 1.74. The molecule has 0 heterocycles. The van der Waals surface area contributed by atoms with E-state index in [0.717, 1.165) is 45.9 Å². The van der Waals surface area contributed by atoms with Gasteiger partial charge in [0.05, 0.1) is 13.2 Å². The minimum Gasteiger partial charge on any atom is -0.379 e. The molecule has 0 atom stereocenters. The maximum atomic E-state index is 5.42. The molecule has 4 nitrogen and oxygen atoms in total. The van der Waals surface area contributed by atoms with Gasteiger partial charge in [-0.05, 0) is 6.54 Å². The van der Waals surface area contributed by atoms with Crippen LogP contribution in [0, 0.1) is 0 Å². The third kappa shape index (κ3) is 13.8. The third-order valence-electron chi connectivity index (χ3n) is 1.95. The van der Waals surface area contributed by atoms with Gasteiger partial charge < -0.3 is 20.7 Å². The van der Waals surface area contributed by atoms with Crippen LogP contribution in [0.15, 0.2) is 0 Å². The smallest absolute Gasteiger partial charge is 0.0591 e. The fourth-order valence-electron chi connectivity index (χ4n) is 1.14. The van der Waals surface area contributed by atoms with E-state index >= 15 is 0 Å². The molecule has 4 heteroatoms. The molecule has 0 aromatic rings. The second-order valence-electron chi connectivity index (χ2n) is 3.82. The van der Waals surface area contributed by atoms with Crippen LogP contribution in [0.5, 0.6) is 0 Å². The highest BCUT2D eigenvalue weighted by Gasteiger charge is 1.91. The predicted molar refractivity (Wildman–Crippen MR) is 65.4 cm³/mol. The Morgan fingerprint density at radius 3 is 2.20 bits per heavy atom. The van der Waals surface area contributed by atoms with Crippen LogP contribution in [-0.4, -0.2) is 52.0 Å². The van der Waals surface area contributed by atoms with E-state index in [2.05, 4.69) is 36.7 Å². The van der Waals surface area contributed by atoms with Crippen LogP contribution >= 0.6 is 0 Å². The topological polar surface area (TPSA) is 45.3 Å². The summed E-state index contributed by atoms with van der Waals surface area (Å²) >= 11 is 0. The monoisotopic (exact) mass is 217 g/mol. The normalized spacial score (nSPS) is 11.2. The second-order valence-corrected chi connectivity index (χ2v) is 3.82. The van der Waals surface area contributed by atoms with Crippen molar-refractivity contribution >= 4 is 0 Å². The van der Waals surface area contributed by atoms with Crippen molar-refractivity contribution in [3.8, 4) is 0 Å². The molecular weight excluding hydrogens is 190 g/mol. The zero-order valence-electron chi connectivity index (χ0n) is 10.4. The Balaban J connectivity index is 2.87. The molecule has 0 bridgehead atoms. The average molecular weight is 217 g/mol. The first-order valence-corrected chi connectivity index (χ1v) is 6.00. The second kappa shape index (κ2) is 11.9. The van der Waals surface area contributed by atoms with Gasteiger partial charge in [-0.3, -0.25) is 0 Å². The molecular formula is C11H27N3O. The molecule has 0 unspecified atom stereocenters. The van der Waals surface area contributed by atoms with Gasteiger partial charge in [0.1, 0.15) is 0 Å². The van der Waals surface area contributed by atoms with Gasteiger partial charge in [-0.15, -0.1) is 0 Å². The summed E-state index contributed by atoms with van der Waals surface area (Å²) in [7, 11) is 0. The molecule has 0 spiro atoms. The van der Waals surface area contributed by atoms with Crippen molar-refractivity contribution in [2.75, 3.05) is 45.9 Å². The summed E-state index contributed by atoms with van der Waals surface area (Å²) in [5.41, 5.74) is 0. The first kappa shape index (κ1) is 14.8. The van der Waals surface area contributed by atoms with E-state index in [4.69, 9.17) is 4.74 Å². The first-order chi connectivity index (χ1) is 7.27. The third-order valence-corrected chi connectivity index (χ3v) is 1.95. The van der Waals surface area contributed by atoms with Crippen molar-refractivity contribution in [3.63, 3.8) is 0 Å². The zero-order valence-corrected chi connectivity index (χ0v) is 10.4. The molecule has 0 aliphatic carbocycles. The molecule has 3 N–H and O–H groups in total. The maximum absolute atomic E-state index is 5.42. The molecule has 0 aliphatic rings. The van der Waals surface area contributed by atoms with Crippen molar-refractivity contribution in [1.82, 2.24) is 16.0 Å². The van der Waals surface area contributed by atoms with E-state index in [9.17, 15) is 0 Å². The van der Waals surface area contributed by atoms with Gasteiger partial charge in [0.25, 0.3) is 0 Å². The van der Waals surface area contributed by atoms with Gasteiger partial charge in [-0.25, -0.2) is 0 Å². The molecule has 0 aromatic carbocycles. The number of hydrogen-bond donors (Lipinski definition) is 3. The quantitative estimate of drug-likeness (QED) is 0.433. The number of hydrogen-bond acceptors (Lipinski definition) is 4. The van der Waals surface area contributed by atoms with E-state index in [1.807, 2.05) is 0 Å². The molecule has 0 fully saturated rings. The van der Waals surface area contributed by atoms with Gasteiger partial charge in [0.15, 0.2) is 0 Å². The Morgan fingerprint density at radius 1 is 0.933 bits per heavy atom. The number of likely N-dealkylation sites (N-methyl/N-ethyl adjacent to an activating group) is 1. The Hall–Kier alpha value is -0.160. The largest absolute Gasteiger partial charge is 0.379 e. The van der Waals surface area contributed by atoms with Gasteiger partial charge in [0.2, 0.25) is 0 Å². The Kier molecular flexibility index (Phi) is 11.8. The van der Waals surface area contributed by atoms with Crippen molar-refractivity contribution in [2.24, 2.45) is 0 Å². The van der Waals surface area contributed by atoms with E-state index in [1.54, 1.807) is 0 Å². The van der Waals surface area contributed by atoms with Crippen molar-refractivity contribution in [1.29, 1.82) is 0 Å². The minimum atomic E-state index is 0.572. The van der Waals surface area contributed by atoms with Crippen LogP contribution in [0.1, 0.15) is 20.8 Å². The molecule has 0 saturated heterocycles. The summed E-state index contributed by atoms with van der Waals surface area (Å²) in [4.78, 5) is 0. The summed E-state index contributed by atoms with van der Waals surface area (Å²) in [6.45, 7) is 13.0.